The quantitative estimate of drug-likeness (QED) is 0.192. The van der Waals surface area contributed by atoms with Gasteiger partial charge < -0.3 is 13.6 Å². The van der Waals surface area contributed by atoms with Crippen molar-refractivity contribution in [3.05, 3.63) is 170 Å². The monoisotopic (exact) mass is 624 g/mol. The lowest BCUT2D eigenvalue weighted by atomic mass is 10.0. The predicted molar refractivity (Wildman–Crippen MR) is 205 cm³/mol. The van der Waals surface area contributed by atoms with Gasteiger partial charge in [-0.05, 0) is 76.5 Å². The lowest BCUT2D eigenvalue weighted by Crippen LogP contribution is -1.94. The molecule has 0 atom stereocenters. The minimum atomic E-state index is 0.905. The Balaban J connectivity index is 1.14. The lowest BCUT2D eigenvalue weighted by molar-refractivity contribution is 0.666. The highest BCUT2D eigenvalue weighted by Crippen LogP contribution is 2.40. The second-order valence-electron chi connectivity index (χ2n) is 13.0. The second kappa shape index (κ2) is 9.96. The van der Waals surface area contributed by atoms with Gasteiger partial charge in [0.05, 0.1) is 27.8 Å². The van der Waals surface area contributed by atoms with Crippen molar-refractivity contribution in [1.82, 2.24) is 9.13 Å². The summed E-state index contributed by atoms with van der Waals surface area (Å²) in [5.41, 5.74) is 11.1. The van der Waals surface area contributed by atoms with E-state index in [1.807, 2.05) is 12.1 Å². The Hall–Kier alpha value is -6.58. The fourth-order valence-corrected chi connectivity index (χ4v) is 8.06. The number of rotatable bonds is 3. The third kappa shape index (κ3) is 3.78. The number of nitrogens with zero attached hydrogens (tertiary/aromatic N) is 2. The van der Waals surface area contributed by atoms with Crippen molar-refractivity contribution in [2.24, 2.45) is 0 Å². The molecular formula is C46H28N2O. The molecule has 11 aromatic rings. The van der Waals surface area contributed by atoms with Crippen LogP contribution in [-0.2, 0) is 0 Å². The number of benzene rings is 8. The van der Waals surface area contributed by atoms with Crippen LogP contribution in [0.15, 0.2) is 174 Å². The van der Waals surface area contributed by atoms with Crippen molar-refractivity contribution < 1.29 is 4.42 Å². The zero-order valence-electron chi connectivity index (χ0n) is 26.5. The minimum Gasteiger partial charge on any atom is -0.454 e. The van der Waals surface area contributed by atoms with E-state index >= 15 is 0 Å². The van der Waals surface area contributed by atoms with Gasteiger partial charge in [-0.1, -0.05) is 115 Å². The molecule has 0 fully saturated rings. The standard InChI is InChI=1S/C46H28N2O/c1-2-11-30-26-33(23-20-29(30)10-1)47-40-16-6-3-12-34(40)36-24-21-32(28-44(36)47)31-22-25-42-39(27-31)35-13-4-7-17-41(35)48(42)43-18-9-15-38-37-14-5-8-19-45(37)49-46(38)43/h1-28H. The Morgan fingerprint density at radius 3 is 1.86 bits per heavy atom. The van der Waals surface area contributed by atoms with Crippen molar-refractivity contribution in [3.8, 4) is 22.5 Å². The van der Waals surface area contributed by atoms with E-state index in [-0.39, 0.29) is 0 Å². The Labute approximate surface area is 281 Å². The predicted octanol–water partition coefficient (Wildman–Crippen LogP) is 12.6. The molecule has 0 amide bonds. The summed E-state index contributed by atoms with van der Waals surface area (Å²) in [6.45, 7) is 0. The SMILES string of the molecule is c1ccc2cc(-n3c4ccccc4c4ccc(-c5ccc6c(c5)c5ccccc5n6-c5cccc6c5oc5ccccc56)cc43)ccc2c1. The summed E-state index contributed by atoms with van der Waals surface area (Å²) in [4.78, 5) is 0. The van der Waals surface area contributed by atoms with Crippen LogP contribution in [0, 0.1) is 0 Å². The van der Waals surface area contributed by atoms with Gasteiger partial charge in [-0.15, -0.1) is 0 Å². The molecule has 0 unspecified atom stereocenters. The first-order valence-electron chi connectivity index (χ1n) is 16.8. The van der Waals surface area contributed by atoms with Crippen LogP contribution in [0.4, 0.5) is 0 Å². The van der Waals surface area contributed by atoms with E-state index in [4.69, 9.17) is 4.42 Å². The molecule has 0 saturated carbocycles. The van der Waals surface area contributed by atoms with Crippen molar-refractivity contribution in [1.29, 1.82) is 0 Å². The zero-order chi connectivity index (χ0) is 32.1. The highest BCUT2D eigenvalue weighted by atomic mass is 16.3. The van der Waals surface area contributed by atoms with Gasteiger partial charge in [-0.3, -0.25) is 0 Å². The van der Waals surface area contributed by atoms with Crippen LogP contribution in [0.5, 0.6) is 0 Å². The Morgan fingerprint density at radius 1 is 0.347 bits per heavy atom. The summed E-state index contributed by atoms with van der Waals surface area (Å²) in [7, 11) is 0. The van der Waals surface area contributed by atoms with E-state index in [9.17, 15) is 0 Å². The minimum absolute atomic E-state index is 0.905. The molecule has 0 radical (unpaired) electrons. The van der Waals surface area contributed by atoms with E-state index in [0.29, 0.717) is 0 Å². The molecule has 49 heavy (non-hydrogen) atoms. The highest BCUT2D eigenvalue weighted by Gasteiger charge is 2.19. The summed E-state index contributed by atoms with van der Waals surface area (Å²) < 4.78 is 11.3. The van der Waals surface area contributed by atoms with Gasteiger partial charge in [0.2, 0.25) is 0 Å². The van der Waals surface area contributed by atoms with E-state index < -0.39 is 0 Å². The molecule has 0 aliphatic rings. The first-order chi connectivity index (χ1) is 24.3. The number of hydrogen-bond donors (Lipinski definition) is 0. The molecule has 11 rings (SSSR count). The molecule has 3 nitrogen and oxygen atoms in total. The van der Waals surface area contributed by atoms with Crippen molar-refractivity contribution in [3.63, 3.8) is 0 Å². The summed E-state index contributed by atoms with van der Waals surface area (Å²) >= 11 is 0. The summed E-state index contributed by atoms with van der Waals surface area (Å²) in [6.07, 6.45) is 0. The maximum absolute atomic E-state index is 6.51. The molecule has 3 heteroatoms. The Morgan fingerprint density at radius 2 is 0.980 bits per heavy atom. The smallest absolute Gasteiger partial charge is 0.159 e. The van der Waals surface area contributed by atoms with Crippen LogP contribution < -0.4 is 0 Å². The van der Waals surface area contributed by atoms with Gasteiger partial charge in [0.25, 0.3) is 0 Å². The normalized spacial score (nSPS) is 12.1. The molecule has 3 aromatic heterocycles. The van der Waals surface area contributed by atoms with Crippen LogP contribution in [0.1, 0.15) is 0 Å². The van der Waals surface area contributed by atoms with Crippen LogP contribution in [-0.4, -0.2) is 9.13 Å². The maximum Gasteiger partial charge on any atom is 0.159 e. The molecule has 0 N–H and O–H groups in total. The van der Waals surface area contributed by atoms with Gasteiger partial charge in [-0.25, -0.2) is 0 Å². The third-order valence-corrected chi connectivity index (χ3v) is 10.3. The lowest BCUT2D eigenvalue weighted by Gasteiger charge is -2.11. The maximum atomic E-state index is 6.51. The number of para-hydroxylation sites is 4. The first kappa shape index (κ1) is 26.5. The van der Waals surface area contributed by atoms with Gasteiger partial charge in [-0.2, -0.15) is 0 Å². The van der Waals surface area contributed by atoms with Crippen molar-refractivity contribution >= 4 is 76.3 Å². The fraction of sp³-hybridized carbons (Fsp3) is 0. The van der Waals surface area contributed by atoms with E-state index in [1.165, 1.54) is 60.2 Å². The average Bonchev–Trinajstić information content (AvgIpc) is 3.82. The second-order valence-corrected chi connectivity index (χ2v) is 13.0. The molecule has 0 spiro atoms. The van der Waals surface area contributed by atoms with Crippen LogP contribution >= 0.6 is 0 Å². The zero-order valence-corrected chi connectivity index (χ0v) is 26.5. The molecule has 0 aliphatic heterocycles. The number of aromatic nitrogens is 2. The summed E-state index contributed by atoms with van der Waals surface area (Å²) in [6, 6.07) is 61.4. The van der Waals surface area contributed by atoms with Gasteiger partial charge >= 0.3 is 0 Å². The molecule has 0 aliphatic carbocycles. The van der Waals surface area contributed by atoms with Crippen LogP contribution in [0.25, 0.3) is 98.8 Å². The summed E-state index contributed by atoms with van der Waals surface area (Å²) in [5, 5.41) is 9.71. The molecular weight excluding hydrogens is 597 g/mol. The van der Waals surface area contributed by atoms with E-state index in [1.54, 1.807) is 0 Å². The average molecular weight is 625 g/mol. The fourth-order valence-electron chi connectivity index (χ4n) is 8.06. The van der Waals surface area contributed by atoms with Gasteiger partial charge in [0.15, 0.2) is 5.58 Å². The molecule has 0 saturated heterocycles. The third-order valence-electron chi connectivity index (χ3n) is 10.3. The molecule has 0 bridgehead atoms. The van der Waals surface area contributed by atoms with Crippen LogP contribution in [0.3, 0.4) is 0 Å². The topological polar surface area (TPSA) is 23.0 Å². The number of hydrogen-bond acceptors (Lipinski definition) is 1. The van der Waals surface area contributed by atoms with E-state index in [2.05, 4.69) is 167 Å². The Kier molecular flexibility index (Phi) is 5.38. The molecule has 8 aromatic carbocycles. The molecule has 3 heterocycles. The number of furan rings is 1. The highest BCUT2D eigenvalue weighted by molar-refractivity contribution is 6.14. The largest absolute Gasteiger partial charge is 0.454 e. The van der Waals surface area contributed by atoms with Crippen molar-refractivity contribution in [2.75, 3.05) is 0 Å². The summed E-state index contributed by atoms with van der Waals surface area (Å²) in [5.74, 6) is 0. The van der Waals surface area contributed by atoms with Gasteiger partial charge in [0.1, 0.15) is 5.58 Å². The van der Waals surface area contributed by atoms with E-state index in [0.717, 1.165) is 38.7 Å². The first-order valence-corrected chi connectivity index (χ1v) is 16.8. The van der Waals surface area contributed by atoms with Crippen LogP contribution in [0.2, 0.25) is 0 Å². The van der Waals surface area contributed by atoms with Gasteiger partial charge in [0, 0.05) is 38.0 Å². The Bertz CT molecular complexity index is 3120. The van der Waals surface area contributed by atoms with Crippen molar-refractivity contribution in [2.45, 2.75) is 0 Å². The molecule has 228 valence electrons. The number of fused-ring (bicyclic) bond motifs is 10.